The van der Waals surface area contributed by atoms with Crippen molar-refractivity contribution in [3.05, 3.63) is 41.3 Å². The van der Waals surface area contributed by atoms with E-state index < -0.39 is 0 Å². The molecule has 116 valence electrons. The summed E-state index contributed by atoms with van der Waals surface area (Å²) in [5.74, 6) is 0.112. The zero-order chi connectivity index (χ0) is 14.9. The maximum Gasteiger partial charge on any atom is 0.149 e. The quantitative estimate of drug-likeness (QED) is 0.868. The number of rotatable bonds is 3. The van der Waals surface area contributed by atoms with Gasteiger partial charge in [0.1, 0.15) is 11.3 Å². The van der Waals surface area contributed by atoms with E-state index in [1.807, 2.05) is 12.1 Å². The van der Waals surface area contributed by atoms with Gasteiger partial charge < -0.3 is 4.74 Å². The van der Waals surface area contributed by atoms with Crippen LogP contribution < -0.4 is 0 Å². The lowest BCUT2D eigenvalue weighted by Crippen LogP contribution is -2.18. The van der Waals surface area contributed by atoms with Crippen LogP contribution in [0.25, 0.3) is 10.9 Å². The Balaban J connectivity index is 1.64. The molecule has 1 atom stereocenters. The van der Waals surface area contributed by atoms with Crippen LogP contribution in [0.2, 0.25) is 0 Å². The average molecular weight is 300 g/mol. The minimum atomic E-state index is -0.201. The van der Waals surface area contributed by atoms with E-state index in [9.17, 15) is 4.39 Å². The highest BCUT2D eigenvalue weighted by atomic mass is 19.1. The summed E-state index contributed by atoms with van der Waals surface area (Å²) < 4.78 is 19.9. The molecule has 2 saturated heterocycles. The number of halogens is 1. The minimum Gasteiger partial charge on any atom is -0.381 e. The third-order valence-electron chi connectivity index (χ3n) is 4.78. The maximum absolute atomic E-state index is 14.5. The average Bonchev–Trinajstić information content (AvgIpc) is 3.20. The molecule has 4 heteroatoms. The van der Waals surface area contributed by atoms with Crippen molar-refractivity contribution in [3.63, 3.8) is 0 Å². The van der Waals surface area contributed by atoms with Crippen LogP contribution >= 0.6 is 0 Å². The molecule has 1 unspecified atom stereocenters. The second-order valence-electron chi connectivity index (χ2n) is 6.43. The lowest BCUT2D eigenvalue weighted by atomic mass is 10.0. The number of hydrogen-bond donors (Lipinski definition) is 0. The first-order chi connectivity index (χ1) is 10.8. The first kappa shape index (κ1) is 14.1. The van der Waals surface area contributed by atoms with Gasteiger partial charge in [-0.15, -0.1) is 0 Å². The highest BCUT2D eigenvalue weighted by molar-refractivity contribution is 5.80. The topological polar surface area (TPSA) is 25.4 Å². The van der Waals surface area contributed by atoms with E-state index >= 15 is 0 Å². The summed E-state index contributed by atoms with van der Waals surface area (Å²) in [5, 5.41) is 0.900. The Morgan fingerprint density at radius 2 is 2.09 bits per heavy atom. The van der Waals surface area contributed by atoms with Crippen molar-refractivity contribution in [2.45, 2.75) is 31.7 Å². The SMILES string of the molecule is Fc1cc(CN2CCCC2)cc2ccc(C3CCOC3)nc12. The number of pyridine rings is 1. The Labute approximate surface area is 130 Å². The van der Waals surface area contributed by atoms with Crippen molar-refractivity contribution in [1.82, 2.24) is 9.88 Å². The first-order valence-electron chi connectivity index (χ1n) is 8.19. The fourth-order valence-corrected chi connectivity index (χ4v) is 3.55. The van der Waals surface area contributed by atoms with Gasteiger partial charge in [0.25, 0.3) is 0 Å². The van der Waals surface area contributed by atoms with E-state index in [4.69, 9.17) is 4.74 Å². The van der Waals surface area contributed by atoms with Gasteiger partial charge in [-0.1, -0.05) is 6.07 Å². The number of ether oxygens (including phenoxy) is 1. The molecule has 0 spiro atoms. The van der Waals surface area contributed by atoms with E-state index in [1.165, 1.54) is 12.8 Å². The summed E-state index contributed by atoms with van der Waals surface area (Å²) in [6.07, 6.45) is 3.49. The summed E-state index contributed by atoms with van der Waals surface area (Å²) in [4.78, 5) is 6.95. The summed E-state index contributed by atoms with van der Waals surface area (Å²) >= 11 is 0. The smallest absolute Gasteiger partial charge is 0.149 e. The van der Waals surface area contributed by atoms with Crippen LogP contribution in [0.4, 0.5) is 4.39 Å². The molecule has 22 heavy (non-hydrogen) atoms. The van der Waals surface area contributed by atoms with E-state index in [0.29, 0.717) is 18.0 Å². The van der Waals surface area contributed by atoms with Crippen LogP contribution in [-0.4, -0.2) is 36.2 Å². The second-order valence-corrected chi connectivity index (χ2v) is 6.43. The van der Waals surface area contributed by atoms with Gasteiger partial charge >= 0.3 is 0 Å². The van der Waals surface area contributed by atoms with Gasteiger partial charge in [-0.05, 0) is 56.1 Å². The number of fused-ring (bicyclic) bond motifs is 1. The Kier molecular flexibility index (Phi) is 3.80. The van der Waals surface area contributed by atoms with E-state index in [0.717, 1.165) is 49.3 Å². The highest BCUT2D eigenvalue weighted by Crippen LogP contribution is 2.27. The number of aromatic nitrogens is 1. The molecule has 0 aliphatic carbocycles. The van der Waals surface area contributed by atoms with Gasteiger partial charge in [-0.25, -0.2) is 9.37 Å². The van der Waals surface area contributed by atoms with Crippen molar-refractivity contribution in [3.8, 4) is 0 Å². The third kappa shape index (κ3) is 2.73. The van der Waals surface area contributed by atoms with Crippen molar-refractivity contribution in [2.75, 3.05) is 26.3 Å². The van der Waals surface area contributed by atoms with Gasteiger partial charge in [0.15, 0.2) is 0 Å². The molecule has 2 aromatic rings. The molecule has 3 heterocycles. The van der Waals surface area contributed by atoms with Crippen molar-refractivity contribution in [1.29, 1.82) is 0 Å². The monoisotopic (exact) mass is 300 g/mol. The molecule has 2 aliphatic heterocycles. The molecule has 0 radical (unpaired) electrons. The molecule has 2 fully saturated rings. The van der Waals surface area contributed by atoms with Crippen LogP contribution in [-0.2, 0) is 11.3 Å². The molecule has 2 aliphatic rings. The molecule has 1 aromatic heterocycles. The van der Waals surface area contributed by atoms with Crippen LogP contribution in [0, 0.1) is 5.82 Å². The second kappa shape index (κ2) is 5.94. The Morgan fingerprint density at radius 3 is 2.86 bits per heavy atom. The molecule has 3 nitrogen and oxygen atoms in total. The normalized spacial score (nSPS) is 22.7. The fourth-order valence-electron chi connectivity index (χ4n) is 3.55. The van der Waals surface area contributed by atoms with Gasteiger partial charge in [0.2, 0.25) is 0 Å². The van der Waals surface area contributed by atoms with Crippen LogP contribution in [0.1, 0.15) is 36.4 Å². The maximum atomic E-state index is 14.5. The Bertz CT molecular complexity index is 676. The summed E-state index contributed by atoms with van der Waals surface area (Å²) in [5.41, 5.74) is 2.50. The molecule has 0 amide bonds. The molecule has 1 aromatic carbocycles. The number of benzene rings is 1. The van der Waals surface area contributed by atoms with Crippen molar-refractivity contribution < 1.29 is 9.13 Å². The van der Waals surface area contributed by atoms with Gasteiger partial charge in [-0.3, -0.25) is 4.90 Å². The zero-order valence-corrected chi connectivity index (χ0v) is 12.7. The minimum absolute atomic E-state index is 0.201. The predicted octanol–water partition coefficient (Wildman–Crippen LogP) is 3.47. The van der Waals surface area contributed by atoms with Gasteiger partial charge in [0.05, 0.1) is 6.61 Å². The molecular weight excluding hydrogens is 279 g/mol. The Hall–Kier alpha value is -1.52. The molecule has 4 rings (SSSR count). The highest BCUT2D eigenvalue weighted by Gasteiger charge is 2.20. The summed E-state index contributed by atoms with van der Waals surface area (Å²) in [6, 6.07) is 7.77. The fraction of sp³-hybridized carbons (Fsp3) is 0.500. The van der Waals surface area contributed by atoms with Crippen LogP contribution in [0.3, 0.4) is 0 Å². The van der Waals surface area contributed by atoms with E-state index in [2.05, 4.69) is 16.0 Å². The number of likely N-dealkylation sites (tertiary alicyclic amines) is 1. The van der Waals surface area contributed by atoms with Gasteiger partial charge in [0, 0.05) is 30.1 Å². The number of nitrogens with zero attached hydrogens (tertiary/aromatic N) is 2. The van der Waals surface area contributed by atoms with Crippen molar-refractivity contribution in [2.24, 2.45) is 0 Å². The molecule has 0 N–H and O–H groups in total. The van der Waals surface area contributed by atoms with Crippen LogP contribution in [0.5, 0.6) is 0 Å². The first-order valence-corrected chi connectivity index (χ1v) is 8.19. The standard InChI is InChI=1S/C18H21FN2O/c19-16-10-13(11-21-6-1-2-7-21)9-14-3-4-17(20-18(14)16)15-5-8-22-12-15/h3-4,9-10,15H,1-2,5-8,11-12H2. The van der Waals surface area contributed by atoms with Gasteiger partial charge in [-0.2, -0.15) is 0 Å². The van der Waals surface area contributed by atoms with Crippen molar-refractivity contribution >= 4 is 10.9 Å². The lowest BCUT2D eigenvalue weighted by Gasteiger charge is -2.15. The number of hydrogen-bond acceptors (Lipinski definition) is 3. The van der Waals surface area contributed by atoms with Crippen LogP contribution in [0.15, 0.2) is 24.3 Å². The lowest BCUT2D eigenvalue weighted by molar-refractivity contribution is 0.193. The molecule has 0 bridgehead atoms. The molecule has 0 saturated carbocycles. The largest absolute Gasteiger partial charge is 0.381 e. The van der Waals surface area contributed by atoms with E-state index in [-0.39, 0.29) is 5.82 Å². The molecular formula is C18H21FN2O. The zero-order valence-electron chi connectivity index (χ0n) is 12.7. The summed E-state index contributed by atoms with van der Waals surface area (Å²) in [6.45, 7) is 4.57. The predicted molar refractivity (Wildman–Crippen MR) is 84.4 cm³/mol. The van der Waals surface area contributed by atoms with E-state index in [1.54, 1.807) is 6.07 Å². The Morgan fingerprint density at radius 1 is 1.23 bits per heavy atom. The summed E-state index contributed by atoms with van der Waals surface area (Å²) in [7, 11) is 0. The third-order valence-corrected chi connectivity index (χ3v) is 4.78.